The molecular formula is C24H53PSn. The van der Waals surface area contributed by atoms with Crippen molar-refractivity contribution in [3.63, 3.8) is 0 Å². The molecule has 0 spiro atoms. The second-order valence-electron chi connectivity index (χ2n) is 8.14. The van der Waals surface area contributed by atoms with Crippen molar-refractivity contribution in [3.8, 4) is 0 Å². The molecular weight excluding hydrogens is 438 g/mol. The summed E-state index contributed by atoms with van der Waals surface area (Å²) in [5.74, 6) is 0. The van der Waals surface area contributed by atoms with Crippen molar-refractivity contribution in [3.05, 3.63) is 0 Å². The van der Waals surface area contributed by atoms with Gasteiger partial charge in [0.2, 0.25) is 0 Å². The molecule has 0 aromatic heterocycles. The molecule has 0 saturated heterocycles. The Morgan fingerprint density at radius 2 is 0.577 bits per heavy atom. The Morgan fingerprint density at radius 3 is 0.846 bits per heavy atom. The molecule has 0 saturated carbocycles. The summed E-state index contributed by atoms with van der Waals surface area (Å²) < 4.78 is 0. The van der Waals surface area contributed by atoms with E-state index in [1.165, 1.54) is 116 Å². The Kier molecular flexibility index (Phi) is 29.7. The third-order valence-corrected chi connectivity index (χ3v) is 8.33. The monoisotopic (exact) mass is 492 g/mol. The number of unbranched alkanes of at least 4 members (excludes halogenated alkanes) is 15. The number of rotatable bonds is 21. The fourth-order valence-corrected chi connectivity index (χ4v) is 6.37. The van der Waals surface area contributed by atoms with Gasteiger partial charge in [-0.05, 0) is 37.7 Å². The van der Waals surface area contributed by atoms with Gasteiger partial charge in [0.05, 0.1) is 0 Å². The van der Waals surface area contributed by atoms with Gasteiger partial charge in [0.25, 0.3) is 0 Å². The summed E-state index contributed by atoms with van der Waals surface area (Å²) >= 11 is 0. The zero-order chi connectivity index (χ0) is 18.4. The quantitative estimate of drug-likeness (QED) is 0.0857. The molecule has 158 valence electrons. The van der Waals surface area contributed by atoms with Crippen molar-refractivity contribution in [1.82, 2.24) is 0 Å². The van der Waals surface area contributed by atoms with Crippen molar-refractivity contribution in [2.45, 2.75) is 136 Å². The average Bonchev–Trinajstić information content (AvgIpc) is 2.63. The minimum atomic E-state index is 0. The molecule has 2 heteroatoms. The topological polar surface area (TPSA) is 0 Å². The average molecular weight is 491 g/mol. The minimum absolute atomic E-state index is 0. The molecule has 0 bridgehead atoms. The first-order valence-electron chi connectivity index (χ1n) is 12.1. The first-order valence-corrected chi connectivity index (χ1v) is 14.0. The van der Waals surface area contributed by atoms with E-state index in [4.69, 9.17) is 0 Å². The fourth-order valence-electron chi connectivity index (χ4n) is 3.68. The number of hydrogen-bond donors (Lipinski definition) is 0. The van der Waals surface area contributed by atoms with E-state index in [0.29, 0.717) is 7.92 Å². The summed E-state index contributed by atoms with van der Waals surface area (Å²) in [5.41, 5.74) is 0. The Bertz CT molecular complexity index is 194. The molecule has 0 aromatic rings. The van der Waals surface area contributed by atoms with Crippen molar-refractivity contribution in [1.29, 1.82) is 0 Å². The van der Waals surface area contributed by atoms with Gasteiger partial charge in [0, 0.05) is 0 Å². The molecule has 0 atom stereocenters. The van der Waals surface area contributed by atoms with Crippen molar-refractivity contribution < 1.29 is 0 Å². The van der Waals surface area contributed by atoms with E-state index in [1.54, 1.807) is 18.5 Å². The summed E-state index contributed by atoms with van der Waals surface area (Å²) in [6.45, 7) is 6.96. The van der Waals surface area contributed by atoms with Gasteiger partial charge in [-0.1, -0.05) is 117 Å². The molecule has 0 heterocycles. The predicted molar refractivity (Wildman–Crippen MR) is 130 cm³/mol. The van der Waals surface area contributed by atoms with Crippen molar-refractivity contribution >= 4 is 31.8 Å². The van der Waals surface area contributed by atoms with Gasteiger partial charge in [-0.3, -0.25) is 0 Å². The molecule has 0 aliphatic heterocycles. The van der Waals surface area contributed by atoms with Crippen molar-refractivity contribution in [2.75, 3.05) is 18.5 Å². The van der Waals surface area contributed by atoms with Gasteiger partial charge in [-0.25, -0.2) is 0 Å². The van der Waals surface area contributed by atoms with Gasteiger partial charge < -0.3 is 0 Å². The molecule has 0 aromatic carbocycles. The van der Waals surface area contributed by atoms with Crippen LogP contribution in [-0.2, 0) is 0 Å². The molecule has 0 fully saturated rings. The Labute approximate surface area is 186 Å². The summed E-state index contributed by atoms with van der Waals surface area (Å²) in [7, 11) is 0.366. The molecule has 0 rings (SSSR count). The van der Waals surface area contributed by atoms with Crippen LogP contribution in [0.25, 0.3) is 0 Å². The second-order valence-corrected chi connectivity index (χ2v) is 10.8. The summed E-state index contributed by atoms with van der Waals surface area (Å²) in [6.07, 6.45) is 31.2. The number of hydrogen-bond acceptors (Lipinski definition) is 0. The summed E-state index contributed by atoms with van der Waals surface area (Å²) in [4.78, 5) is 0. The molecule has 0 unspecified atom stereocenters. The van der Waals surface area contributed by atoms with Gasteiger partial charge in [-0.2, -0.15) is 0 Å². The van der Waals surface area contributed by atoms with Gasteiger partial charge >= 0.3 is 23.9 Å². The van der Waals surface area contributed by atoms with Gasteiger partial charge in [0.1, 0.15) is 0 Å². The predicted octanol–water partition coefficient (Wildman–Crippen LogP) is 8.63. The van der Waals surface area contributed by atoms with Crippen LogP contribution >= 0.6 is 7.92 Å². The Hall–Kier alpha value is 1.23. The maximum atomic E-state index is 2.32. The first kappa shape index (κ1) is 29.4. The molecule has 0 amide bonds. The Balaban J connectivity index is 0. The van der Waals surface area contributed by atoms with Crippen LogP contribution in [0.1, 0.15) is 136 Å². The molecule has 0 nitrogen and oxygen atoms in total. The standard InChI is InChI=1S/C24H51P.Sn.2H/c1-4-7-10-13-16-19-22-25(23-20-17-14-11-8-5-2)24-21-18-15-12-9-6-3;;;/h4-24H2,1-3H3;;;. The normalized spacial score (nSPS) is 11.1. The van der Waals surface area contributed by atoms with Crippen LogP contribution in [0, 0.1) is 0 Å². The molecule has 0 aliphatic carbocycles. The van der Waals surface area contributed by atoms with Crippen LogP contribution in [0.2, 0.25) is 0 Å². The van der Waals surface area contributed by atoms with E-state index < -0.39 is 0 Å². The van der Waals surface area contributed by atoms with E-state index in [2.05, 4.69) is 20.8 Å². The van der Waals surface area contributed by atoms with Crippen LogP contribution in [0.5, 0.6) is 0 Å². The van der Waals surface area contributed by atoms with Gasteiger partial charge in [-0.15, -0.1) is 7.92 Å². The van der Waals surface area contributed by atoms with Crippen LogP contribution < -0.4 is 0 Å². The van der Waals surface area contributed by atoms with Crippen LogP contribution in [-0.4, -0.2) is 42.4 Å². The molecule has 0 aliphatic rings. The molecule has 2 radical (unpaired) electrons. The van der Waals surface area contributed by atoms with E-state index in [-0.39, 0.29) is 23.9 Å². The Morgan fingerprint density at radius 1 is 0.346 bits per heavy atom. The first-order chi connectivity index (χ1) is 12.3. The SMILES string of the molecule is CCCCCCCCP(CCCCCCCC)CCCCCCCC.[SnH2]. The zero-order valence-corrected chi connectivity index (χ0v) is 23.9. The third-order valence-electron chi connectivity index (χ3n) is 5.48. The molecule has 0 N–H and O–H groups in total. The van der Waals surface area contributed by atoms with E-state index >= 15 is 0 Å². The molecule has 26 heavy (non-hydrogen) atoms. The van der Waals surface area contributed by atoms with Crippen molar-refractivity contribution in [2.24, 2.45) is 0 Å². The van der Waals surface area contributed by atoms with Crippen LogP contribution in [0.15, 0.2) is 0 Å². The fraction of sp³-hybridized carbons (Fsp3) is 1.00. The maximum absolute atomic E-state index is 2.32. The van der Waals surface area contributed by atoms with Gasteiger partial charge in [0.15, 0.2) is 0 Å². The van der Waals surface area contributed by atoms with E-state index in [0.717, 1.165) is 0 Å². The van der Waals surface area contributed by atoms with E-state index in [9.17, 15) is 0 Å². The van der Waals surface area contributed by atoms with Crippen LogP contribution in [0.4, 0.5) is 0 Å². The second kappa shape index (κ2) is 26.2. The zero-order valence-electron chi connectivity index (χ0n) is 19.0. The van der Waals surface area contributed by atoms with E-state index in [1.807, 2.05) is 0 Å². The summed E-state index contributed by atoms with van der Waals surface area (Å²) in [5, 5.41) is 0. The summed E-state index contributed by atoms with van der Waals surface area (Å²) in [6, 6.07) is 0. The third kappa shape index (κ3) is 23.3. The van der Waals surface area contributed by atoms with Crippen LogP contribution in [0.3, 0.4) is 0 Å².